The quantitative estimate of drug-likeness (QED) is 0.710. The Labute approximate surface area is 84.0 Å². The van der Waals surface area contributed by atoms with E-state index in [1.165, 1.54) is 29.2 Å². The second-order valence-electron chi connectivity index (χ2n) is 2.96. The highest BCUT2D eigenvalue weighted by molar-refractivity contribution is 5.36. The summed E-state index contributed by atoms with van der Waals surface area (Å²) in [6.45, 7) is 0. The fourth-order valence-electron chi connectivity index (χ4n) is 1.30. The van der Waals surface area contributed by atoms with Gasteiger partial charge in [0.2, 0.25) is 0 Å². The second-order valence-corrected chi connectivity index (χ2v) is 2.96. The molecule has 0 aliphatic rings. The van der Waals surface area contributed by atoms with Gasteiger partial charge in [-0.05, 0) is 24.3 Å². The zero-order chi connectivity index (χ0) is 10.9. The van der Waals surface area contributed by atoms with E-state index in [0.717, 1.165) is 6.07 Å². The van der Waals surface area contributed by atoms with Crippen molar-refractivity contribution in [1.82, 2.24) is 9.55 Å². The minimum Gasteiger partial charge on any atom is -0.308 e. The van der Waals surface area contributed by atoms with Gasteiger partial charge in [0.15, 0.2) is 0 Å². The van der Waals surface area contributed by atoms with Crippen molar-refractivity contribution >= 4 is 0 Å². The number of hydrogen-bond acceptors (Lipinski definition) is 1. The average molecular weight is 212 g/mol. The predicted molar refractivity (Wildman–Crippen MR) is 48.6 cm³/mol. The van der Waals surface area contributed by atoms with Crippen molar-refractivity contribution in [3.8, 4) is 5.82 Å². The normalized spacial score (nSPS) is 11.7. The molecular weight excluding hydrogens is 205 g/mol. The number of hydrogen-bond donors (Lipinski definition) is 0. The van der Waals surface area contributed by atoms with Crippen LogP contribution in [0.4, 0.5) is 13.2 Å². The fourth-order valence-corrected chi connectivity index (χ4v) is 1.30. The SMILES string of the molecule is FC(F)(F)c1cccnc1-n1cccc1. The van der Waals surface area contributed by atoms with E-state index in [4.69, 9.17) is 0 Å². The highest BCUT2D eigenvalue weighted by Gasteiger charge is 2.34. The maximum atomic E-state index is 12.6. The molecule has 0 amide bonds. The van der Waals surface area contributed by atoms with Crippen molar-refractivity contribution in [2.75, 3.05) is 0 Å². The van der Waals surface area contributed by atoms with E-state index in [2.05, 4.69) is 4.98 Å². The Morgan fingerprint density at radius 2 is 1.73 bits per heavy atom. The minimum absolute atomic E-state index is 0.102. The van der Waals surface area contributed by atoms with Crippen LogP contribution in [0.15, 0.2) is 42.9 Å². The summed E-state index contributed by atoms with van der Waals surface area (Å²) >= 11 is 0. The number of pyridine rings is 1. The standard InChI is InChI=1S/C10H7F3N2/c11-10(12,13)8-4-3-5-14-9(8)15-6-1-2-7-15/h1-7H. The van der Waals surface area contributed by atoms with E-state index in [-0.39, 0.29) is 5.82 Å². The van der Waals surface area contributed by atoms with Gasteiger partial charge in [0, 0.05) is 18.6 Å². The lowest BCUT2D eigenvalue weighted by Crippen LogP contribution is -2.11. The molecule has 2 rings (SSSR count). The molecule has 0 aliphatic carbocycles. The largest absolute Gasteiger partial charge is 0.419 e. The van der Waals surface area contributed by atoms with Crippen LogP contribution >= 0.6 is 0 Å². The maximum Gasteiger partial charge on any atom is 0.419 e. The lowest BCUT2D eigenvalue weighted by Gasteiger charge is -2.11. The summed E-state index contributed by atoms with van der Waals surface area (Å²) in [5.41, 5.74) is -0.735. The highest BCUT2D eigenvalue weighted by Crippen LogP contribution is 2.32. The van der Waals surface area contributed by atoms with E-state index >= 15 is 0 Å². The second kappa shape index (κ2) is 3.42. The van der Waals surface area contributed by atoms with E-state index in [0.29, 0.717) is 0 Å². The molecule has 2 aromatic rings. The zero-order valence-corrected chi connectivity index (χ0v) is 7.57. The van der Waals surface area contributed by atoms with Crippen molar-refractivity contribution in [3.05, 3.63) is 48.4 Å². The topological polar surface area (TPSA) is 17.8 Å². The van der Waals surface area contributed by atoms with Crippen LogP contribution in [-0.2, 0) is 6.18 Å². The van der Waals surface area contributed by atoms with Crippen LogP contribution in [0.2, 0.25) is 0 Å². The minimum atomic E-state index is -4.38. The summed E-state index contributed by atoms with van der Waals surface area (Å²) in [7, 11) is 0. The molecule has 15 heavy (non-hydrogen) atoms. The van der Waals surface area contributed by atoms with Gasteiger partial charge in [-0.3, -0.25) is 0 Å². The van der Waals surface area contributed by atoms with Gasteiger partial charge in [0.05, 0.1) is 5.56 Å². The Balaban J connectivity index is 2.58. The third kappa shape index (κ3) is 1.86. The molecule has 2 heterocycles. The van der Waals surface area contributed by atoms with Gasteiger partial charge < -0.3 is 4.57 Å². The summed E-state index contributed by atoms with van der Waals surface area (Å²) in [5, 5.41) is 0. The van der Waals surface area contributed by atoms with Crippen LogP contribution in [-0.4, -0.2) is 9.55 Å². The summed E-state index contributed by atoms with van der Waals surface area (Å²) in [6, 6.07) is 5.59. The smallest absolute Gasteiger partial charge is 0.308 e. The summed E-state index contributed by atoms with van der Waals surface area (Å²) in [6.07, 6.45) is 0.00752. The van der Waals surface area contributed by atoms with Gasteiger partial charge in [-0.15, -0.1) is 0 Å². The van der Waals surface area contributed by atoms with Crippen LogP contribution in [0.25, 0.3) is 5.82 Å². The first-order valence-corrected chi connectivity index (χ1v) is 4.24. The first-order valence-electron chi connectivity index (χ1n) is 4.24. The molecule has 2 nitrogen and oxygen atoms in total. The number of rotatable bonds is 1. The number of halogens is 3. The molecule has 0 bridgehead atoms. The Hall–Kier alpha value is -1.78. The van der Waals surface area contributed by atoms with E-state index in [1.807, 2.05) is 0 Å². The third-order valence-electron chi connectivity index (χ3n) is 1.94. The molecule has 0 spiro atoms. The van der Waals surface area contributed by atoms with Gasteiger partial charge in [0.25, 0.3) is 0 Å². The number of aromatic nitrogens is 2. The maximum absolute atomic E-state index is 12.6. The van der Waals surface area contributed by atoms with Gasteiger partial charge >= 0.3 is 6.18 Å². The van der Waals surface area contributed by atoms with Crippen molar-refractivity contribution in [2.24, 2.45) is 0 Å². The molecule has 0 unspecified atom stereocenters. The molecule has 0 fully saturated rings. The number of nitrogens with zero attached hydrogens (tertiary/aromatic N) is 2. The van der Waals surface area contributed by atoms with Crippen LogP contribution < -0.4 is 0 Å². The first-order chi connectivity index (χ1) is 7.09. The zero-order valence-electron chi connectivity index (χ0n) is 7.57. The van der Waals surface area contributed by atoms with Gasteiger partial charge in [-0.25, -0.2) is 4.98 Å². The Kier molecular flexibility index (Phi) is 2.22. The Morgan fingerprint density at radius 1 is 1.07 bits per heavy atom. The van der Waals surface area contributed by atoms with Crippen molar-refractivity contribution < 1.29 is 13.2 Å². The molecule has 0 radical (unpaired) electrons. The monoisotopic (exact) mass is 212 g/mol. The Bertz CT molecular complexity index is 446. The fraction of sp³-hybridized carbons (Fsp3) is 0.100. The third-order valence-corrected chi connectivity index (χ3v) is 1.94. The molecule has 78 valence electrons. The summed E-state index contributed by atoms with van der Waals surface area (Å²) in [4.78, 5) is 3.73. The van der Waals surface area contributed by atoms with Crippen molar-refractivity contribution in [2.45, 2.75) is 6.18 Å². The van der Waals surface area contributed by atoms with Crippen molar-refractivity contribution in [3.63, 3.8) is 0 Å². The molecular formula is C10H7F3N2. The number of alkyl halides is 3. The van der Waals surface area contributed by atoms with Gasteiger partial charge in [-0.2, -0.15) is 13.2 Å². The van der Waals surface area contributed by atoms with Gasteiger partial charge in [-0.1, -0.05) is 0 Å². The van der Waals surface area contributed by atoms with E-state index in [9.17, 15) is 13.2 Å². The predicted octanol–water partition coefficient (Wildman–Crippen LogP) is 2.89. The molecule has 0 aliphatic heterocycles. The lowest BCUT2D eigenvalue weighted by molar-refractivity contribution is -0.137. The van der Waals surface area contributed by atoms with Crippen LogP contribution in [0.1, 0.15) is 5.56 Å². The molecule has 0 saturated heterocycles. The van der Waals surface area contributed by atoms with Crippen LogP contribution in [0.5, 0.6) is 0 Å². The molecule has 2 aromatic heterocycles. The van der Waals surface area contributed by atoms with Crippen LogP contribution in [0.3, 0.4) is 0 Å². The van der Waals surface area contributed by atoms with Crippen LogP contribution in [0, 0.1) is 0 Å². The summed E-state index contributed by atoms with van der Waals surface area (Å²) < 4.78 is 39.1. The average Bonchev–Trinajstić information content (AvgIpc) is 2.69. The highest BCUT2D eigenvalue weighted by atomic mass is 19.4. The lowest BCUT2D eigenvalue weighted by atomic mass is 10.2. The molecule has 0 atom stereocenters. The first kappa shape index (κ1) is 9.76. The van der Waals surface area contributed by atoms with E-state index < -0.39 is 11.7 Å². The molecule has 0 N–H and O–H groups in total. The molecule has 0 aromatic carbocycles. The van der Waals surface area contributed by atoms with Gasteiger partial charge in [0.1, 0.15) is 5.82 Å². The molecule has 0 saturated carbocycles. The summed E-state index contributed by atoms with van der Waals surface area (Å²) in [5.74, 6) is -0.102. The molecule has 5 heteroatoms. The Morgan fingerprint density at radius 3 is 2.33 bits per heavy atom. The van der Waals surface area contributed by atoms with Crippen molar-refractivity contribution in [1.29, 1.82) is 0 Å². The van der Waals surface area contributed by atoms with E-state index in [1.54, 1.807) is 12.1 Å².